The van der Waals surface area contributed by atoms with E-state index in [0.29, 0.717) is 19.5 Å². The summed E-state index contributed by atoms with van der Waals surface area (Å²) in [4.78, 5) is 16.2. The number of hydrogen-bond acceptors (Lipinski definition) is 4. The first-order valence-corrected chi connectivity index (χ1v) is 7.09. The Hall–Kier alpha value is -1.17. The van der Waals surface area contributed by atoms with Gasteiger partial charge >= 0.3 is 0 Å². The zero-order chi connectivity index (χ0) is 14.5. The van der Waals surface area contributed by atoms with Crippen molar-refractivity contribution in [2.24, 2.45) is 5.73 Å². The van der Waals surface area contributed by atoms with Crippen LogP contribution < -0.4 is 15.4 Å². The van der Waals surface area contributed by atoms with E-state index in [4.69, 9.17) is 10.5 Å². The van der Waals surface area contributed by atoms with Gasteiger partial charge in [-0.15, -0.1) is 24.8 Å². The van der Waals surface area contributed by atoms with Crippen molar-refractivity contribution < 1.29 is 9.53 Å². The van der Waals surface area contributed by atoms with Crippen LogP contribution in [0, 0.1) is 0 Å². The summed E-state index contributed by atoms with van der Waals surface area (Å²) in [5.74, 6) is 0.935. The van der Waals surface area contributed by atoms with E-state index in [1.54, 1.807) is 7.11 Å². The Labute approximate surface area is 144 Å². The molecule has 2 rings (SSSR count). The third kappa shape index (κ3) is 4.66. The minimum absolute atomic E-state index is 0. The minimum atomic E-state index is -0.368. The highest BCUT2D eigenvalue weighted by Crippen LogP contribution is 2.28. The molecule has 0 aromatic heterocycles. The quantitative estimate of drug-likeness (QED) is 0.902. The Morgan fingerprint density at radius 3 is 2.36 bits per heavy atom. The van der Waals surface area contributed by atoms with Crippen molar-refractivity contribution in [3.63, 3.8) is 0 Å². The van der Waals surface area contributed by atoms with Crippen molar-refractivity contribution in [3.05, 3.63) is 24.3 Å². The van der Waals surface area contributed by atoms with Crippen LogP contribution in [0.2, 0.25) is 0 Å². The van der Waals surface area contributed by atoms with Gasteiger partial charge in [0.1, 0.15) is 5.75 Å². The van der Waals surface area contributed by atoms with Gasteiger partial charge < -0.3 is 20.3 Å². The molecule has 1 aliphatic rings. The van der Waals surface area contributed by atoms with Crippen LogP contribution in [-0.2, 0) is 4.79 Å². The number of methoxy groups -OCH3 is 1. The number of amides is 1. The topological polar surface area (TPSA) is 58.8 Å². The van der Waals surface area contributed by atoms with E-state index in [2.05, 4.69) is 4.90 Å². The van der Waals surface area contributed by atoms with Crippen LogP contribution in [0.3, 0.4) is 0 Å². The Bertz CT molecular complexity index is 466. The molecule has 7 heteroatoms. The largest absolute Gasteiger partial charge is 0.495 e. The Morgan fingerprint density at radius 1 is 1.23 bits per heavy atom. The molecule has 1 aromatic rings. The van der Waals surface area contributed by atoms with Crippen LogP contribution in [0.4, 0.5) is 5.69 Å². The molecule has 1 heterocycles. The average Bonchev–Trinajstić information content (AvgIpc) is 2.53. The molecule has 0 spiro atoms. The number of nitrogens with two attached hydrogens (primary N) is 1. The molecule has 1 aromatic carbocycles. The third-order valence-corrected chi connectivity index (χ3v) is 3.77. The summed E-state index contributed by atoms with van der Waals surface area (Å²) in [6.07, 6.45) is 0.686. The maximum absolute atomic E-state index is 12.1. The molecule has 1 atom stereocenters. The van der Waals surface area contributed by atoms with Crippen molar-refractivity contribution in [1.29, 1.82) is 0 Å². The summed E-state index contributed by atoms with van der Waals surface area (Å²) in [7, 11) is 1.68. The lowest BCUT2D eigenvalue weighted by Gasteiger charge is -2.37. The van der Waals surface area contributed by atoms with Crippen molar-refractivity contribution in [1.82, 2.24) is 4.90 Å². The highest BCUT2D eigenvalue weighted by Gasteiger charge is 2.25. The fourth-order valence-electron chi connectivity index (χ4n) is 2.47. The van der Waals surface area contributed by atoms with Gasteiger partial charge in [0, 0.05) is 26.2 Å². The first-order valence-electron chi connectivity index (χ1n) is 7.09. The number of halogens is 2. The molecule has 0 bridgehead atoms. The molecule has 5 nitrogen and oxygen atoms in total. The van der Waals surface area contributed by atoms with Gasteiger partial charge in [-0.25, -0.2) is 0 Å². The van der Waals surface area contributed by atoms with E-state index in [-0.39, 0.29) is 36.8 Å². The van der Waals surface area contributed by atoms with Crippen molar-refractivity contribution >= 4 is 36.4 Å². The SMILES string of the molecule is CC[C@H](N)C(=O)N1CCN(c2ccccc2OC)CC1.Cl.Cl. The van der Waals surface area contributed by atoms with Crippen LogP contribution in [0.25, 0.3) is 0 Å². The van der Waals surface area contributed by atoms with E-state index < -0.39 is 0 Å². The number of hydrogen-bond donors (Lipinski definition) is 1. The van der Waals surface area contributed by atoms with Crippen LogP contribution in [0.1, 0.15) is 13.3 Å². The van der Waals surface area contributed by atoms with E-state index >= 15 is 0 Å². The molecule has 2 N–H and O–H groups in total. The second kappa shape index (κ2) is 9.77. The van der Waals surface area contributed by atoms with Gasteiger partial charge in [0.15, 0.2) is 0 Å². The maximum atomic E-state index is 12.1. The predicted octanol–water partition coefficient (Wildman–Crippen LogP) is 1.92. The lowest BCUT2D eigenvalue weighted by molar-refractivity contribution is -0.132. The smallest absolute Gasteiger partial charge is 0.239 e. The van der Waals surface area contributed by atoms with Crippen molar-refractivity contribution in [2.45, 2.75) is 19.4 Å². The van der Waals surface area contributed by atoms with Crippen molar-refractivity contribution in [3.8, 4) is 5.75 Å². The molecule has 0 aliphatic carbocycles. The summed E-state index contributed by atoms with van der Waals surface area (Å²) >= 11 is 0. The zero-order valence-corrected chi connectivity index (χ0v) is 14.7. The lowest BCUT2D eigenvalue weighted by atomic mass is 10.2. The molecule has 0 radical (unpaired) electrons. The fourth-order valence-corrected chi connectivity index (χ4v) is 2.47. The monoisotopic (exact) mass is 349 g/mol. The minimum Gasteiger partial charge on any atom is -0.495 e. The Kier molecular flexibility index (Phi) is 9.25. The third-order valence-electron chi connectivity index (χ3n) is 3.77. The summed E-state index contributed by atoms with van der Waals surface area (Å²) in [5.41, 5.74) is 6.90. The number of rotatable bonds is 4. The van der Waals surface area contributed by atoms with Crippen molar-refractivity contribution in [2.75, 3.05) is 38.2 Å². The van der Waals surface area contributed by atoms with Gasteiger partial charge in [0.2, 0.25) is 5.91 Å². The second-order valence-corrected chi connectivity index (χ2v) is 5.00. The van der Waals surface area contributed by atoms with E-state index in [1.807, 2.05) is 36.1 Å². The lowest BCUT2D eigenvalue weighted by Crippen LogP contribution is -2.53. The molecule has 22 heavy (non-hydrogen) atoms. The normalized spacial score (nSPS) is 15.4. The molecule has 1 amide bonds. The van der Waals surface area contributed by atoms with Gasteiger partial charge in [-0.3, -0.25) is 4.79 Å². The van der Waals surface area contributed by atoms with E-state index in [9.17, 15) is 4.79 Å². The van der Waals surface area contributed by atoms with Crippen LogP contribution in [0.5, 0.6) is 5.75 Å². The molecule has 0 unspecified atom stereocenters. The summed E-state index contributed by atoms with van der Waals surface area (Å²) in [6, 6.07) is 7.60. The Balaban J connectivity index is 0.00000220. The number of para-hydroxylation sites is 2. The van der Waals surface area contributed by atoms with Crippen LogP contribution >= 0.6 is 24.8 Å². The van der Waals surface area contributed by atoms with Crippen LogP contribution in [-0.4, -0.2) is 50.1 Å². The number of carbonyl (C=O) groups is 1. The predicted molar refractivity (Wildman–Crippen MR) is 94.5 cm³/mol. The summed E-state index contributed by atoms with van der Waals surface area (Å²) < 4.78 is 5.39. The molecule has 1 aliphatic heterocycles. The number of piperazine rings is 1. The van der Waals surface area contributed by atoms with Gasteiger partial charge in [0.05, 0.1) is 18.8 Å². The van der Waals surface area contributed by atoms with Gasteiger partial charge in [-0.05, 0) is 18.6 Å². The number of nitrogens with zero attached hydrogens (tertiary/aromatic N) is 2. The molecule has 1 fully saturated rings. The second-order valence-electron chi connectivity index (χ2n) is 5.00. The molecule has 1 saturated heterocycles. The maximum Gasteiger partial charge on any atom is 0.239 e. The number of benzene rings is 1. The molecular formula is C15H25Cl2N3O2. The van der Waals surface area contributed by atoms with E-state index in [0.717, 1.165) is 24.5 Å². The first-order chi connectivity index (χ1) is 9.67. The molecular weight excluding hydrogens is 325 g/mol. The highest BCUT2D eigenvalue weighted by atomic mass is 35.5. The number of ether oxygens (including phenoxy) is 1. The fraction of sp³-hybridized carbons (Fsp3) is 0.533. The molecule has 0 saturated carbocycles. The van der Waals surface area contributed by atoms with Gasteiger partial charge in [-0.1, -0.05) is 19.1 Å². The first kappa shape index (κ1) is 20.8. The highest BCUT2D eigenvalue weighted by molar-refractivity contribution is 5.85. The number of carbonyl (C=O) groups excluding carboxylic acids is 1. The van der Waals surface area contributed by atoms with Gasteiger partial charge in [0.25, 0.3) is 0 Å². The summed E-state index contributed by atoms with van der Waals surface area (Å²) in [5, 5.41) is 0. The summed E-state index contributed by atoms with van der Waals surface area (Å²) in [6.45, 7) is 4.98. The van der Waals surface area contributed by atoms with Crippen LogP contribution in [0.15, 0.2) is 24.3 Å². The standard InChI is InChI=1S/C15H23N3O2.2ClH/c1-3-12(16)15(19)18-10-8-17(9-11-18)13-6-4-5-7-14(13)20-2;;/h4-7,12H,3,8-11,16H2,1-2H3;2*1H/t12-;;/m0../s1. The molecule has 126 valence electrons. The van der Waals surface area contributed by atoms with E-state index in [1.165, 1.54) is 0 Å². The average molecular weight is 350 g/mol. The van der Waals surface area contributed by atoms with Gasteiger partial charge in [-0.2, -0.15) is 0 Å². The zero-order valence-electron chi connectivity index (χ0n) is 13.0. The Morgan fingerprint density at radius 2 is 1.82 bits per heavy atom. The number of anilines is 1.